The summed E-state index contributed by atoms with van der Waals surface area (Å²) < 4.78 is 0. The molecule has 0 amide bonds. The van der Waals surface area contributed by atoms with Crippen LogP contribution in [0, 0.1) is 6.92 Å². The first-order valence-electron chi connectivity index (χ1n) is 3.29. The summed E-state index contributed by atoms with van der Waals surface area (Å²) in [6, 6.07) is 0. The highest BCUT2D eigenvalue weighted by Crippen LogP contribution is 2.28. The van der Waals surface area contributed by atoms with Crippen LogP contribution in [0.25, 0.3) is 10.8 Å². The third kappa shape index (κ3) is 0.886. The van der Waals surface area contributed by atoms with E-state index >= 15 is 0 Å². The molecular weight excluding hydrogens is 158 g/mol. The Bertz CT molecular complexity index is 394. The molecule has 0 fully saturated rings. The third-order valence-corrected chi connectivity index (χ3v) is 2.45. The lowest BCUT2D eigenvalue weighted by Crippen LogP contribution is -1.79. The van der Waals surface area contributed by atoms with E-state index in [0.717, 1.165) is 10.8 Å². The molecule has 1 N–H and O–H groups in total. The molecule has 0 saturated carbocycles. The van der Waals surface area contributed by atoms with Crippen LogP contribution in [0.3, 0.4) is 0 Å². The molecule has 0 unspecified atom stereocenters. The van der Waals surface area contributed by atoms with E-state index in [2.05, 4.69) is 4.98 Å². The fourth-order valence-electron chi connectivity index (χ4n) is 1.02. The summed E-state index contributed by atoms with van der Waals surface area (Å²) in [6.07, 6.45) is 1.78. The number of hydrogen-bond acceptors (Lipinski definition) is 3. The van der Waals surface area contributed by atoms with Gasteiger partial charge in [-0.05, 0) is 6.92 Å². The molecular formula is C8H7NOS. The number of thiophene rings is 1. The second kappa shape index (κ2) is 2.20. The Morgan fingerprint density at radius 1 is 1.45 bits per heavy atom. The van der Waals surface area contributed by atoms with Crippen LogP contribution >= 0.6 is 11.3 Å². The second-order valence-corrected chi connectivity index (χ2v) is 3.18. The molecule has 56 valence electrons. The molecule has 2 aromatic rings. The Balaban J connectivity index is 2.93. The summed E-state index contributed by atoms with van der Waals surface area (Å²) in [4.78, 5) is 4.04. The Kier molecular flexibility index (Phi) is 1.32. The van der Waals surface area contributed by atoms with Gasteiger partial charge in [0.2, 0.25) is 0 Å². The Morgan fingerprint density at radius 2 is 2.27 bits per heavy atom. The lowest BCUT2D eigenvalue weighted by molar-refractivity contribution is 0.474. The van der Waals surface area contributed by atoms with Crippen molar-refractivity contribution in [1.82, 2.24) is 4.98 Å². The van der Waals surface area contributed by atoms with Crippen LogP contribution in [-0.4, -0.2) is 10.1 Å². The van der Waals surface area contributed by atoms with Crippen LogP contribution in [0.2, 0.25) is 0 Å². The first-order chi connectivity index (χ1) is 5.29. The van der Waals surface area contributed by atoms with E-state index in [1.54, 1.807) is 24.5 Å². The zero-order chi connectivity index (χ0) is 7.84. The molecule has 11 heavy (non-hydrogen) atoms. The SMILES string of the molecule is Cc1ncc2cscc2c1O. The van der Waals surface area contributed by atoms with Crippen molar-refractivity contribution in [1.29, 1.82) is 0 Å². The Morgan fingerprint density at radius 3 is 3.09 bits per heavy atom. The molecule has 2 heterocycles. The summed E-state index contributed by atoms with van der Waals surface area (Å²) in [7, 11) is 0. The minimum atomic E-state index is 0.309. The van der Waals surface area contributed by atoms with E-state index in [1.807, 2.05) is 10.8 Å². The van der Waals surface area contributed by atoms with Gasteiger partial charge in [0.1, 0.15) is 5.75 Å². The average molecular weight is 165 g/mol. The third-order valence-electron chi connectivity index (χ3n) is 1.69. The summed E-state index contributed by atoms with van der Waals surface area (Å²) in [6.45, 7) is 1.80. The van der Waals surface area contributed by atoms with Crippen LogP contribution in [0.5, 0.6) is 5.75 Å². The fraction of sp³-hybridized carbons (Fsp3) is 0.125. The number of fused-ring (bicyclic) bond motifs is 1. The Labute approximate surface area is 68.1 Å². The van der Waals surface area contributed by atoms with E-state index in [4.69, 9.17) is 0 Å². The maximum absolute atomic E-state index is 9.49. The molecule has 3 heteroatoms. The monoisotopic (exact) mass is 165 g/mol. The second-order valence-electron chi connectivity index (χ2n) is 2.43. The van der Waals surface area contributed by atoms with Gasteiger partial charge in [0.15, 0.2) is 0 Å². The van der Waals surface area contributed by atoms with Crippen molar-refractivity contribution < 1.29 is 5.11 Å². The van der Waals surface area contributed by atoms with Gasteiger partial charge in [0, 0.05) is 27.7 Å². The minimum absolute atomic E-state index is 0.309. The zero-order valence-electron chi connectivity index (χ0n) is 6.03. The first-order valence-corrected chi connectivity index (χ1v) is 4.24. The van der Waals surface area contributed by atoms with Gasteiger partial charge in [-0.15, -0.1) is 0 Å². The summed E-state index contributed by atoms with van der Waals surface area (Å²) >= 11 is 1.58. The fourth-order valence-corrected chi connectivity index (χ4v) is 1.81. The van der Waals surface area contributed by atoms with Crippen molar-refractivity contribution in [2.45, 2.75) is 6.92 Å². The smallest absolute Gasteiger partial charge is 0.145 e. The molecule has 2 nitrogen and oxygen atoms in total. The zero-order valence-corrected chi connectivity index (χ0v) is 6.85. The Hall–Kier alpha value is -1.09. The molecule has 0 atom stereocenters. The van der Waals surface area contributed by atoms with Gasteiger partial charge in [0.25, 0.3) is 0 Å². The largest absolute Gasteiger partial charge is 0.505 e. The van der Waals surface area contributed by atoms with E-state index < -0.39 is 0 Å². The minimum Gasteiger partial charge on any atom is -0.505 e. The van der Waals surface area contributed by atoms with E-state index in [0.29, 0.717) is 11.4 Å². The molecule has 0 aromatic carbocycles. The first kappa shape index (κ1) is 6.61. The lowest BCUT2D eigenvalue weighted by Gasteiger charge is -1.97. The van der Waals surface area contributed by atoms with E-state index in [1.165, 1.54) is 0 Å². The van der Waals surface area contributed by atoms with Gasteiger partial charge in [-0.3, -0.25) is 4.98 Å². The molecule has 0 spiro atoms. The van der Waals surface area contributed by atoms with Crippen molar-refractivity contribution in [2.75, 3.05) is 0 Å². The number of hydrogen-bond donors (Lipinski definition) is 1. The van der Waals surface area contributed by atoms with Crippen molar-refractivity contribution in [3.8, 4) is 5.75 Å². The summed E-state index contributed by atoms with van der Waals surface area (Å²) in [5, 5.41) is 15.3. The van der Waals surface area contributed by atoms with Gasteiger partial charge < -0.3 is 5.11 Å². The highest BCUT2D eigenvalue weighted by Gasteiger charge is 2.03. The molecule has 0 radical (unpaired) electrons. The van der Waals surface area contributed by atoms with Crippen molar-refractivity contribution in [2.24, 2.45) is 0 Å². The predicted molar refractivity (Wildman–Crippen MR) is 46.0 cm³/mol. The molecule has 0 saturated heterocycles. The molecule has 2 aromatic heterocycles. The highest BCUT2D eigenvalue weighted by molar-refractivity contribution is 7.09. The predicted octanol–water partition coefficient (Wildman–Crippen LogP) is 2.31. The van der Waals surface area contributed by atoms with E-state index in [9.17, 15) is 5.11 Å². The molecule has 2 rings (SSSR count). The number of nitrogens with zero attached hydrogens (tertiary/aromatic N) is 1. The normalized spacial score (nSPS) is 10.6. The maximum atomic E-state index is 9.49. The topological polar surface area (TPSA) is 33.1 Å². The van der Waals surface area contributed by atoms with Gasteiger partial charge in [0.05, 0.1) is 5.69 Å². The average Bonchev–Trinajstić information content (AvgIpc) is 2.45. The van der Waals surface area contributed by atoms with Crippen LogP contribution in [-0.2, 0) is 0 Å². The number of rotatable bonds is 0. The van der Waals surface area contributed by atoms with Crippen LogP contribution in [0.15, 0.2) is 17.0 Å². The molecule has 0 aliphatic rings. The molecule has 0 bridgehead atoms. The van der Waals surface area contributed by atoms with Gasteiger partial charge >= 0.3 is 0 Å². The van der Waals surface area contributed by atoms with Gasteiger partial charge in [-0.2, -0.15) is 11.3 Å². The summed E-state index contributed by atoms with van der Waals surface area (Å²) in [5.41, 5.74) is 0.691. The van der Waals surface area contributed by atoms with Crippen LogP contribution < -0.4 is 0 Å². The maximum Gasteiger partial charge on any atom is 0.145 e. The van der Waals surface area contributed by atoms with Crippen molar-refractivity contribution >= 4 is 22.1 Å². The lowest BCUT2D eigenvalue weighted by atomic mass is 10.2. The summed E-state index contributed by atoms with van der Waals surface area (Å²) in [5.74, 6) is 0.309. The standard InChI is InChI=1S/C8H7NOS/c1-5-8(10)7-4-11-3-6(7)2-9-5/h2-4,10H,1H3. The quantitative estimate of drug-likeness (QED) is 0.649. The number of pyridine rings is 1. The van der Waals surface area contributed by atoms with Gasteiger partial charge in [-0.1, -0.05) is 0 Å². The van der Waals surface area contributed by atoms with Crippen molar-refractivity contribution in [3.63, 3.8) is 0 Å². The van der Waals surface area contributed by atoms with Gasteiger partial charge in [-0.25, -0.2) is 0 Å². The number of aromatic hydroxyl groups is 1. The highest BCUT2D eigenvalue weighted by atomic mass is 32.1. The molecule has 0 aliphatic carbocycles. The van der Waals surface area contributed by atoms with Crippen LogP contribution in [0.4, 0.5) is 0 Å². The molecule has 0 aliphatic heterocycles. The van der Waals surface area contributed by atoms with Crippen LogP contribution in [0.1, 0.15) is 5.69 Å². The number of aryl methyl sites for hydroxylation is 1. The number of aromatic nitrogens is 1. The van der Waals surface area contributed by atoms with E-state index in [-0.39, 0.29) is 0 Å². The van der Waals surface area contributed by atoms with Crippen molar-refractivity contribution in [3.05, 3.63) is 22.7 Å².